The lowest BCUT2D eigenvalue weighted by Crippen LogP contribution is -2.57. The average Bonchev–Trinajstić information content (AvgIpc) is 2.96. The minimum absolute atomic E-state index is 0.284. The van der Waals surface area contributed by atoms with Crippen molar-refractivity contribution in [2.45, 2.75) is 44.1 Å². The van der Waals surface area contributed by atoms with Gasteiger partial charge in [-0.05, 0) is 11.1 Å². The third-order valence-electron chi connectivity index (χ3n) is 6.33. The zero-order chi connectivity index (χ0) is 25.5. The lowest BCUT2D eigenvalue weighted by molar-refractivity contribution is -0.326. The standard InChI is InChI=1S/C30H30O7/c1-32-26(31)17-24-27(33-18-21-11-5-2-6-12-21)28-25(20-35-29(37-28)23-15-9-4-10-16-23)36-30(24)34-19-22-13-7-3-8-14-22/h2-17,25,27-30H,18-20H2,1H3/t25-,27-,28-,29?,30-/m1/s1. The van der Waals surface area contributed by atoms with E-state index in [1.54, 1.807) is 0 Å². The molecule has 5 atom stereocenters. The summed E-state index contributed by atoms with van der Waals surface area (Å²) in [6.45, 7) is 0.895. The van der Waals surface area contributed by atoms with Crippen LogP contribution in [0.2, 0.25) is 0 Å². The number of carbonyl (C=O) groups excluding carboxylic acids is 1. The summed E-state index contributed by atoms with van der Waals surface area (Å²) in [4.78, 5) is 12.4. The second kappa shape index (κ2) is 12.3. The Morgan fingerprint density at radius 1 is 0.838 bits per heavy atom. The number of fused-ring (bicyclic) bond motifs is 1. The van der Waals surface area contributed by atoms with Gasteiger partial charge in [0, 0.05) is 17.2 Å². The first kappa shape index (κ1) is 25.3. The van der Waals surface area contributed by atoms with Crippen molar-refractivity contribution in [3.63, 3.8) is 0 Å². The fourth-order valence-corrected chi connectivity index (χ4v) is 4.45. The van der Waals surface area contributed by atoms with E-state index < -0.39 is 36.9 Å². The molecule has 5 rings (SSSR count). The van der Waals surface area contributed by atoms with Crippen molar-refractivity contribution < 1.29 is 33.2 Å². The van der Waals surface area contributed by atoms with Crippen LogP contribution in [-0.2, 0) is 46.4 Å². The molecule has 3 aromatic carbocycles. The van der Waals surface area contributed by atoms with Crippen molar-refractivity contribution in [1.82, 2.24) is 0 Å². The molecule has 7 heteroatoms. The molecule has 37 heavy (non-hydrogen) atoms. The Bertz CT molecular complexity index is 1170. The molecule has 0 bridgehead atoms. The van der Waals surface area contributed by atoms with E-state index in [4.69, 9.17) is 28.4 Å². The van der Waals surface area contributed by atoms with Gasteiger partial charge in [-0.25, -0.2) is 4.79 Å². The van der Waals surface area contributed by atoms with Gasteiger partial charge in [0.2, 0.25) is 0 Å². The molecule has 3 aromatic rings. The average molecular weight is 503 g/mol. The normalized spacial score (nSPS) is 26.4. The fourth-order valence-electron chi connectivity index (χ4n) is 4.45. The van der Waals surface area contributed by atoms with Crippen molar-refractivity contribution >= 4 is 5.97 Å². The van der Waals surface area contributed by atoms with Crippen LogP contribution < -0.4 is 0 Å². The zero-order valence-corrected chi connectivity index (χ0v) is 20.6. The number of rotatable bonds is 8. The Morgan fingerprint density at radius 3 is 2.05 bits per heavy atom. The molecular formula is C30H30O7. The van der Waals surface area contributed by atoms with Crippen molar-refractivity contribution in [2.24, 2.45) is 0 Å². The first-order valence-electron chi connectivity index (χ1n) is 12.3. The summed E-state index contributed by atoms with van der Waals surface area (Å²) in [5.41, 5.74) is 3.38. The van der Waals surface area contributed by atoms with Crippen LogP contribution in [0.5, 0.6) is 0 Å². The molecule has 1 unspecified atom stereocenters. The molecule has 0 aliphatic carbocycles. The molecule has 2 saturated heterocycles. The first-order chi connectivity index (χ1) is 18.2. The van der Waals surface area contributed by atoms with Gasteiger partial charge in [-0.3, -0.25) is 0 Å². The van der Waals surface area contributed by atoms with Crippen molar-refractivity contribution in [2.75, 3.05) is 13.7 Å². The zero-order valence-electron chi connectivity index (χ0n) is 20.6. The molecule has 2 fully saturated rings. The van der Waals surface area contributed by atoms with Crippen molar-refractivity contribution in [1.29, 1.82) is 0 Å². The smallest absolute Gasteiger partial charge is 0.330 e. The monoisotopic (exact) mass is 502 g/mol. The van der Waals surface area contributed by atoms with Gasteiger partial charge in [0.25, 0.3) is 0 Å². The maximum absolute atomic E-state index is 12.4. The van der Waals surface area contributed by atoms with Crippen LogP contribution in [0.15, 0.2) is 103 Å². The Morgan fingerprint density at radius 2 is 1.43 bits per heavy atom. The summed E-state index contributed by atoms with van der Waals surface area (Å²) in [7, 11) is 1.34. The SMILES string of the molecule is COC(=O)C=C1[C@H](OCc2ccccc2)O[C@@H]2COC(c3ccccc3)O[C@H]2[C@@H]1OCc1ccccc1. The topological polar surface area (TPSA) is 72.5 Å². The molecular weight excluding hydrogens is 472 g/mol. The van der Waals surface area contributed by atoms with Crippen LogP contribution >= 0.6 is 0 Å². The summed E-state index contributed by atoms with van der Waals surface area (Å²) < 4.78 is 36.3. The van der Waals surface area contributed by atoms with Gasteiger partial charge in [0.05, 0.1) is 26.9 Å². The van der Waals surface area contributed by atoms with Crippen LogP contribution in [0.25, 0.3) is 0 Å². The van der Waals surface area contributed by atoms with E-state index in [9.17, 15) is 4.79 Å². The lowest BCUT2D eigenvalue weighted by atomic mass is 9.94. The van der Waals surface area contributed by atoms with Gasteiger partial charge >= 0.3 is 5.97 Å². The summed E-state index contributed by atoms with van der Waals surface area (Å²) in [5, 5.41) is 0. The number of esters is 1. The number of carbonyl (C=O) groups is 1. The molecule has 0 N–H and O–H groups in total. The van der Waals surface area contributed by atoms with Crippen LogP contribution in [0.1, 0.15) is 23.0 Å². The van der Waals surface area contributed by atoms with Gasteiger partial charge in [-0.15, -0.1) is 0 Å². The predicted octanol–water partition coefficient (Wildman–Crippen LogP) is 4.73. The van der Waals surface area contributed by atoms with Crippen LogP contribution in [-0.4, -0.2) is 44.3 Å². The summed E-state index contributed by atoms with van der Waals surface area (Å²) in [6, 6.07) is 29.3. The summed E-state index contributed by atoms with van der Waals surface area (Å²) >= 11 is 0. The largest absolute Gasteiger partial charge is 0.466 e. The van der Waals surface area contributed by atoms with Gasteiger partial charge in [0.1, 0.15) is 18.3 Å². The van der Waals surface area contributed by atoms with E-state index in [-0.39, 0.29) is 6.61 Å². The molecule has 0 saturated carbocycles. The Hall–Kier alpha value is -3.33. The van der Waals surface area contributed by atoms with E-state index >= 15 is 0 Å². The van der Waals surface area contributed by atoms with E-state index in [1.807, 2.05) is 91.0 Å². The highest BCUT2D eigenvalue weighted by Crippen LogP contribution is 2.38. The minimum Gasteiger partial charge on any atom is -0.466 e. The lowest BCUT2D eigenvalue weighted by Gasteiger charge is -2.46. The molecule has 192 valence electrons. The molecule has 0 amide bonds. The molecule has 7 nitrogen and oxygen atoms in total. The number of ether oxygens (including phenoxy) is 6. The molecule has 2 heterocycles. The number of benzene rings is 3. The fraction of sp³-hybridized carbons (Fsp3) is 0.300. The Balaban J connectivity index is 1.44. The third-order valence-corrected chi connectivity index (χ3v) is 6.33. The molecule has 2 aliphatic rings. The van der Waals surface area contributed by atoms with E-state index in [0.717, 1.165) is 16.7 Å². The van der Waals surface area contributed by atoms with Gasteiger partial charge < -0.3 is 28.4 Å². The van der Waals surface area contributed by atoms with E-state index in [1.165, 1.54) is 13.2 Å². The van der Waals surface area contributed by atoms with Crippen LogP contribution in [0.4, 0.5) is 0 Å². The van der Waals surface area contributed by atoms with Crippen LogP contribution in [0, 0.1) is 0 Å². The van der Waals surface area contributed by atoms with Gasteiger partial charge in [0.15, 0.2) is 12.6 Å². The van der Waals surface area contributed by atoms with E-state index in [0.29, 0.717) is 18.8 Å². The minimum atomic E-state index is -0.846. The molecule has 0 radical (unpaired) electrons. The van der Waals surface area contributed by atoms with Crippen LogP contribution in [0.3, 0.4) is 0 Å². The Kier molecular flexibility index (Phi) is 8.40. The maximum atomic E-state index is 12.4. The Labute approximate surface area is 216 Å². The first-order valence-corrected chi connectivity index (χ1v) is 12.3. The molecule has 0 aromatic heterocycles. The second-order valence-electron chi connectivity index (χ2n) is 8.86. The van der Waals surface area contributed by atoms with Crippen molar-refractivity contribution in [3.8, 4) is 0 Å². The highest BCUT2D eigenvalue weighted by Gasteiger charge is 2.48. The van der Waals surface area contributed by atoms with Crippen molar-refractivity contribution in [3.05, 3.63) is 119 Å². The maximum Gasteiger partial charge on any atom is 0.330 e. The predicted molar refractivity (Wildman–Crippen MR) is 135 cm³/mol. The third kappa shape index (κ3) is 6.33. The number of methoxy groups -OCH3 is 1. The van der Waals surface area contributed by atoms with Gasteiger partial charge in [-0.1, -0.05) is 91.0 Å². The van der Waals surface area contributed by atoms with Gasteiger partial charge in [-0.2, -0.15) is 0 Å². The second-order valence-corrected chi connectivity index (χ2v) is 8.86. The number of hydrogen-bond acceptors (Lipinski definition) is 7. The highest BCUT2D eigenvalue weighted by atomic mass is 16.7. The summed E-state index contributed by atoms with van der Waals surface area (Å²) in [5.74, 6) is -0.523. The quantitative estimate of drug-likeness (QED) is 0.326. The van der Waals surface area contributed by atoms with E-state index in [2.05, 4.69) is 0 Å². The molecule has 2 aliphatic heterocycles. The summed E-state index contributed by atoms with van der Waals surface area (Å²) in [6.07, 6.45) is -1.67. The molecule has 0 spiro atoms. The highest BCUT2D eigenvalue weighted by molar-refractivity contribution is 5.83. The number of hydrogen-bond donors (Lipinski definition) is 0.